The van der Waals surface area contributed by atoms with Gasteiger partial charge in [0.2, 0.25) is 0 Å². The second-order valence-electron chi connectivity index (χ2n) is 7.73. The zero-order chi connectivity index (χ0) is 13.9. The Labute approximate surface area is 120 Å². The quantitative estimate of drug-likeness (QED) is 0.819. The van der Waals surface area contributed by atoms with Gasteiger partial charge in [0.05, 0.1) is 0 Å². The van der Waals surface area contributed by atoms with Gasteiger partial charge in [-0.1, -0.05) is 27.7 Å². The van der Waals surface area contributed by atoms with Crippen LogP contribution in [0.15, 0.2) is 0 Å². The lowest BCUT2D eigenvalue weighted by molar-refractivity contribution is 0.138. The molecule has 0 aromatic carbocycles. The second kappa shape index (κ2) is 6.58. The van der Waals surface area contributed by atoms with Crippen molar-refractivity contribution >= 4 is 0 Å². The summed E-state index contributed by atoms with van der Waals surface area (Å²) < 4.78 is 0. The van der Waals surface area contributed by atoms with Gasteiger partial charge in [0.25, 0.3) is 0 Å². The van der Waals surface area contributed by atoms with Gasteiger partial charge in [0, 0.05) is 19.1 Å². The van der Waals surface area contributed by atoms with Gasteiger partial charge < -0.3 is 10.2 Å². The molecular formula is C17H34N2. The van der Waals surface area contributed by atoms with E-state index in [1.165, 1.54) is 58.3 Å². The van der Waals surface area contributed by atoms with E-state index in [0.29, 0.717) is 5.41 Å². The maximum atomic E-state index is 3.85. The lowest BCUT2D eigenvalue weighted by Crippen LogP contribution is -2.47. The summed E-state index contributed by atoms with van der Waals surface area (Å²) in [5.41, 5.74) is 0.487. The van der Waals surface area contributed by atoms with Gasteiger partial charge in [0.15, 0.2) is 0 Å². The highest BCUT2D eigenvalue weighted by Crippen LogP contribution is 2.41. The Morgan fingerprint density at radius 3 is 2.74 bits per heavy atom. The Hall–Kier alpha value is -0.0800. The van der Waals surface area contributed by atoms with Crippen LogP contribution in [-0.4, -0.2) is 37.1 Å². The zero-order valence-corrected chi connectivity index (χ0v) is 13.5. The predicted octanol–water partition coefficient (Wildman–Crippen LogP) is 3.52. The van der Waals surface area contributed by atoms with Gasteiger partial charge >= 0.3 is 0 Å². The van der Waals surface area contributed by atoms with Crippen LogP contribution in [0.4, 0.5) is 0 Å². The molecule has 1 aliphatic heterocycles. The summed E-state index contributed by atoms with van der Waals surface area (Å²) in [6, 6.07) is 0.727. The third kappa shape index (κ3) is 3.95. The average molecular weight is 266 g/mol. The molecule has 1 saturated carbocycles. The van der Waals surface area contributed by atoms with Crippen LogP contribution in [0.1, 0.15) is 59.8 Å². The van der Waals surface area contributed by atoms with Crippen molar-refractivity contribution in [2.75, 3.05) is 26.2 Å². The van der Waals surface area contributed by atoms with Gasteiger partial charge in [-0.05, 0) is 62.4 Å². The molecule has 3 atom stereocenters. The first-order chi connectivity index (χ1) is 9.03. The summed E-state index contributed by atoms with van der Waals surface area (Å²) in [7, 11) is 0. The lowest BCUT2D eigenvalue weighted by atomic mass is 9.84. The standard InChI is InChI=1S/C17H34N2/c1-5-10-18-16-15(8-9-17(16,3)4)13-19-11-6-7-14(2)12-19/h14-16,18H,5-13H2,1-4H3. The number of likely N-dealkylation sites (tertiary alicyclic amines) is 1. The molecule has 1 saturated heterocycles. The number of piperidine rings is 1. The number of nitrogens with one attached hydrogen (secondary N) is 1. The minimum Gasteiger partial charge on any atom is -0.313 e. The fourth-order valence-electron chi connectivity index (χ4n) is 4.24. The molecule has 2 rings (SSSR count). The molecule has 0 amide bonds. The molecule has 2 fully saturated rings. The van der Waals surface area contributed by atoms with Crippen molar-refractivity contribution in [2.24, 2.45) is 17.3 Å². The van der Waals surface area contributed by atoms with E-state index >= 15 is 0 Å². The molecule has 0 bridgehead atoms. The van der Waals surface area contributed by atoms with E-state index in [0.717, 1.165) is 17.9 Å². The van der Waals surface area contributed by atoms with E-state index in [-0.39, 0.29) is 0 Å². The monoisotopic (exact) mass is 266 g/mol. The summed E-state index contributed by atoms with van der Waals surface area (Å²) >= 11 is 0. The Balaban J connectivity index is 1.90. The molecule has 2 nitrogen and oxygen atoms in total. The van der Waals surface area contributed by atoms with E-state index in [2.05, 4.69) is 37.9 Å². The molecular weight excluding hydrogens is 232 g/mol. The van der Waals surface area contributed by atoms with E-state index in [9.17, 15) is 0 Å². The lowest BCUT2D eigenvalue weighted by Gasteiger charge is -2.37. The first-order valence-corrected chi connectivity index (χ1v) is 8.48. The Morgan fingerprint density at radius 2 is 2.05 bits per heavy atom. The molecule has 0 aromatic heterocycles. The number of nitrogens with zero attached hydrogens (tertiary/aromatic N) is 1. The molecule has 112 valence electrons. The summed E-state index contributed by atoms with van der Waals surface area (Å²) in [5.74, 6) is 1.78. The Bertz CT molecular complexity index is 274. The topological polar surface area (TPSA) is 15.3 Å². The normalized spacial score (nSPS) is 35.7. The predicted molar refractivity (Wildman–Crippen MR) is 83.4 cm³/mol. The minimum absolute atomic E-state index is 0.487. The van der Waals surface area contributed by atoms with Gasteiger partial charge in [-0.15, -0.1) is 0 Å². The zero-order valence-electron chi connectivity index (χ0n) is 13.5. The highest BCUT2D eigenvalue weighted by atomic mass is 15.1. The maximum Gasteiger partial charge on any atom is 0.0159 e. The van der Waals surface area contributed by atoms with Crippen molar-refractivity contribution in [3.63, 3.8) is 0 Å². The van der Waals surface area contributed by atoms with Gasteiger partial charge in [-0.2, -0.15) is 0 Å². The van der Waals surface area contributed by atoms with Crippen LogP contribution in [0.5, 0.6) is 0 Å². The molecule has 0 radical (unpaired) electrons. The third-order valence-electron chi connectivity index (χ3n) is 5.32. The largest absolute Gasteiger partial charge is 0.313 e. The highest BCUT2D eigenvalue weighted by molar-refractivity contribution is 4.97. The van der Waals surface area contributed by atoms with Gasteiger partial charge in [-0.3, -0.25) is 0 Å². The molecule has 1 aliphatic carbocycles. The fraction of sp³-hybridized carbons (Fsp3) is 1.00. The summed E-state index contributed by atoms with van der Waals surface area (Å²) in [6.45, 7) is 14.8. The van der Waals surface area contributed by atoms with Crippen LogP contribution in [-0.2, 0) is 0 Å². The van der Waals surface area contributed by atoms with Gasteiger partial charge in [0.1, 0.15) is 0 Å². The Morgan fingerprint density at radius 1 is 1.26 bits per heavy atom. The van der Waals surface area contributed by atoms with E-state index < -0.39 is 0 Å². The Kier molecular flexibility index (Phi) is 5.30. The molecule has 2 heteroatoms. The van der Waals surface area contributed by atoms with E-state index in [1.54, 1.807) is 0 Å². The van der Waals surface area contributed by atoms with Gasteiger partial charge in [-0.25, -0.2) is 0 Å². The maximum absolute atomic E-state index is 3.85. The van der Waals surface area contributed by atoms with Crippen LogP contribution < -0.4 is 5.32 Å². The molecule has 1 heterocycles. The minimum atomic E-state index is 0.487. The molecule has 2 aliphatic rings. The molecule has 3 unspecified atom stereocenters. The van der Waals surface area contributed by atoms with Crippen molar-refractivity contribution in [2.45, 2.75) is 65.8 Å². The van der Waals surface area contributed by atoms with Crippen LogP contribution >= 0.6 is 0 Å². The smallest absolute Gasteiger partial charge is 0.0159 e. The number of hydrogen-bond acceptors (Lipinski definition) is 2. The highest BCUT2D eigenvalue weighted by Gasteiger charge is 2.41. The SMILES string of the molecule is CCCNC1C(CN2CCCC(C)C2)CCC1(C)C. The van der Waals surface area contributed by atoms with Crippen LogP contribution in [0.25, 0.3) is 0 Å². The third-order valence-corrected chi connectivity index (χ3v) is 5.32. The van der Waals surface area contributed by atoms with Crippen LogP contribution in [0.3, 0.4) is 0 Å². The molecule has 19 heavy (non-hydrogen) atoms. The summed E-state index contributed by atoms with van der Waals surface area (Å²) in [4.78, 5) is 2.74. The van der Waals surface area contributed by atoms with Crippen molar-refractivity contribution in [1.82, 2.24) is 10.2 Å². The fourth-order valence-corrected chi connectivity index (χ4v) is 4.24. The second-order valence-corrected chi connectivity index (χ2v) is 7.73. The number of rotatable bonds is 5. The van der Waals surface area contributed by atoms with E-state index in [4.69, 9.17) is 0 Å². The first kappa shape index (κ1) is 15.3. The molecule has 0 aromatic rings. The van der Waals surface area contributed by atoms with Crippen molar-refractivity contribution < 1.29 is 0 Å². The van der Waals surface area contributed by atoms with Crippen LogP contribution in [0.2, 0.25) is 0 Å². The van der Waals surface area contributed by atoms with Crippen molar-refractivity contribution in [3.8, 4) is 0 Å². The van der Waals surface area contributed by atoms with Crippen LogP contribution in [0, 0.1) is 17.3 Å². The number of hydrogen-bond donors (Lipinski definition) is 1. The molecule has 0 spiro atoms. The summed E-state index contributed by atoms with van der Waals surface area (Å²) in [6.07, 6.45) is 6.90. The van der Waals surface area contributed by atoms with Crippen molar-refractivity contribution in [1.29, 1.82) is 0 Å². The van der Waals surface area contributed by atoms with E-state index in [1.807, 2.05) is 0 Å². The average Bonchev–Trinajstić information content (AvgIpc) is 2.62. The first-order valence-electron chi connectivity index (χ1n) is 8.48. The van der Waals surface area contributed by atoms with Crippen molar-refractivity contribution in [3.05, 3.63) is 0 Å². The molecule has 1 N–H and O–H groups in total. The summed E-state index contributed by atoms with van der Waals surface area (Å²) in [5, 5.41) is 3.85.